The zero-order valence-corrected chi connectivity index (χ0v) is 15.3. The quantitative estimate of drug-likeness (QED) is 0.367. The van der Waals surface area contributed by atoms with Crippen molar-refractivity contribution in [2.45, 2.75) is 19.3 Å². The molecule has 4 heterocycles. The van der Waals surface area contributed by atoms with Gasteiger partial charge in [0.1, 0.15) is 0 Å². The first-order valence-electron chi connectivity index (χ1n) is 9.82. The van der Waals surface area contributed by atoms with Gasteiger partial charge in [-0.3, -0.25) is 9.97 Å². The Morgan fingerprint density at radius 1 is 0.607 bits per heavy atom. The van der Waals surface area contributed by atoms with Crippen LogP contribution in [-0.2, 0) is 19.3 Å². The molecule has 3 heteroatoms. The van der Waals surface area contributed by atoms with Crippen LogP contribution in [0.25, 0.3) is 11.1 Å². The Hall–Kier alpha value is -3.46. The first-order chi connectivity index (χ1) is 13.9. The van der Waals surface area contributed by atoms with Crippen molar-refractivity contribution in [1.29, 1.82) is 0 Å². The predicted molar refractivity (Wildman–Crippen MR) is 111 cm³/mol. The highest BCUT2D eigenvalue weighted by molar-refractivity contribution is 5.94. The van der Waals surface area contributed by atoms with Gasteiger partial charge in [0.25, 0.3) is 0 Å². The summed E-state index contributed by atoms with van der Waals surface area (Å²) in [6, 6.07) is 19.9. The number of benzene rings is 2. The maximum atomic E-state index is 4.74. The summed E-state index contributed by atoms with van der Waals surface area (Å²) in [4.78, 5) is 11.9. The van der Waals surface area contributed by atoms with Crippen molar-refractivity contribution in [3.05, 3.63) is 101 Å². The van der Waals surface area contributed by atoms with Gasteiger partial charge in [0.2, 0.25) is 0 Å². The molecule has 3 nitrogen and oxygen atoms in total. The molecule has 0 unspecified atom stereocenters. The molecule has 0 spiro atoms. The lowest BCUT2D eigenvalue weighted by Gasteiger charge is -2.39. The van der Waals surface area contributed by atoms with Gasteiger partial charge in [-0.05, 0) is 51.6 Å². The van der Waals surface area contributed by atoms with E-state index in [9.17, 15) is 0 Å². The molecule has 3 aliphatic rings. The van der Waals surface area contributed by atoms with Crippen LogP contribution >= 0.6 is 0 Å². The molecule has 0 fully saturated rings. The average molecular weight is 359 g/mol. The van der Waals surface area contributed by atoms with Gasteiger partial charge in [-0.25, -0.2) is 0 Å². The normalized spacial score (nSPS) is 14.6. The third kappa shape index (κ3) is 1.74. The Kier molecular flexibility index (Phi) is 2.64. The second-order valence-electron chi connectivity index (χ2n) is 7.86. The topological polar surface area (TPSA) is 29.0 Å². The molecule has 2 aromatic carbocycles. The number of hydrogen-bond donors (Lipinski definition) is 0. The smallest absolute Gasteiger partial charge is 0.0717 e. The van der Waals surface area contributed by atoms with E-state index in [0.29, 0.717) is 0 Å². The zero-order chi connectivity index (χ0) is 18.2. The summed E-state index contributed by atoms with van der Waals surface area (Å²) in [6.45, 7) is 0. The third-order valence-corrected chi connectivity index (χ3v) is 6.39. The maximum absolute atomic E-state index is 4.74. The average Bonchev–Trinajstić information content (AvgIpc) is 3.12. The summed E-state index contributed by atoms with van der Waals surface area (Å²) >= 11 is 0. The fourth-order valence-electron chi connectivity index (χ4n) is 5.24. The van der Waals surface area contributed by atoms with E-state index in [4.69, 9.17) is 9.97 Å². The summed E-state index contributed by atoms with van der Waals surface area (Å²) in [6.07, 6.45) is 6.61. The van der Waals surface area contributed by atoms with Crippen LogP contribution in [0.3, 0.4) is 0 Å². The van der Waals surface area contributed by atoms with Crippen LogP contribution in [0.2, 0.25) is 0 Å². The minimum Gasteiger partial charge on any atom is -0.306 e. The first-order valence-corrected chi connectivity index (χ1v) is 9.82. The third-order valence-electron chi connectivity index (χ3n) is 6.39. The molecule has 28 heavy (non-hydrogen) atoms. The van der Waals surface area contributed by atoms with E-state index in [2.05, 4.69) is 53.4 Å². The Balaban J connectivity index is 1.56. The molecule has 0 bridgehead atoms. The SMILES string of the molecule is c1ccc2c(c1)Cc1c-2ccc2c1N1c3cccnc3Cc3nccc(c31)C2. The number of pyridine rings is 2. The predicted octanol–water partition coefficient (Wildman–Crippen LogP) is 5.33. The second kappa shape index (κ2) is 5.08. The fourth-order valence-corrected chi connectivity index (χ4v) is 5.24. The van der Waals surface area contributed by atoms with Gasteiger partial charge in [-0.1, -0.05) is 36.4 Å². The monoisotopic (exact) mass is 359 g/mol. The molecule has 0 N–H and O–H groups in total. The van der Waals surface area contributed by atoms with E-state index < -0.39 is 0 Å². The van der Waals surface area contributed by atoms with Crippen molar-refractivity contribution in [2.24, 2.45) is 0 Å². The number of aromatic nitrogens is 2. The molecule has 2 aliphatic heterocycles. The Morgan fingerprint density at radius 3 is 2.50 bits per heavy atom. The van der Waals surface area contributed by atoms with Gasteiger partial charge >= 0.3 is 0 Å². The highest BCUT2D eigenvalue weighted by atomic mass is 15.2. The van der Waals surface area contributed by atoms with Crippen molar-refractivity contribution in [2.75, 3.05) is 4.90 Å². The lowest BCUT2D eigenvalue weighted by atomic mass is 9.87. The summed E-state index contributed by atoms with van der Waals surface area (Å²) in [5.41, 5.74) is 14.5. The minimum absolute atomic E-state index is 0.806. The van der Waals surface area contributed by atoms with E-state index >= 15 is 0 Å². The molecule has 0 radical (unpaired) electrons. The number of rotatable bonds is 0. The highest BCUT2D eigenvalue weighted by Crippen LogP contribution is 2.53. The molecule has 0 saturated carbocycles. The maximum Gasteiger partial charge on any atom is 0.0717 e. The molecule has 7 rings (SSSR count). The number of hydrogen-bond acceptors (Lipinski definition) is 3. The standard InChI is InChI=1S/C25H17N3/c1-2-5-18-15(4-1)13-20-19(18)8-7-16-12-17-9-11-27-22-14-21-23(6-3-10-26-21)28(24(16)20)25(17)22/h1-11H,12-14H2. The van der Waals surface area contributed by atoms with Crippen LogP contribution in [0.1, 0.15) is 33.6 Å². The van der Waals surface area contributed by atoms with Gasteiger partial charge in [-0.15, -0.1) is 0 Å². The number of fused-ring (bicyclic) bond motifs is 8. The molecular formula is C25H17N3. The van der Waals surface area contributed by atoms with Crippen molar-refractivity contribution in [3.8, 4) is 11.1 Å². The molecule has 0 saturated heterocycles. The Bertz CT molecular complexity index is 1290. The van der Waals surface area contributed by atoms with Crippen molar-refractivity contribution in [3.63, 3.8) is 0 Å². The van der Waals surface area contributed by atoms with E-state index in [1.165, 1.54) is 50.4 Å². The molecule has 0 atom stereocenters. The van der Waals surface area contributed by atoms with Gasteiger partial charge in [0.05, 0.1) is 28.5 Å². The fraction of sp³-hybridized carbons (Fsp3) is 0.120. The summed E-state index contributed by atoms with van der Waals surface area (Å²) in [5, 5.41) is 0. The van der Waals surface area contributed by atoms with E-state index in [1.807, 2.05) is 18.5 Å². The minimum atomic E-state index is 0.806. The van der Waals surface area contributed by atoms with Gasteiger partial charge in [-0.2, -0.15) is 0 Å². The zero-order valence-electron chi connectivity index (χ0n) is 15.3. The van der Waals surface area contributed by atoms with Crippen LogP contribution in [0.5, 0.6) is 0 Å². The van der Waals surface area contributed by atoms with Crippen LogP contribution in [0.15, 0.2) is 67.0 Å². The van der Waals surface area contributed by atoms with Crippen molar-refractivity contribution < 1.29 is 0 Å². The van der Waals surface area contributed by atoms with Crippen molar-refractivity contribution >= 4 is 17.1 Å². The van der Waals surface area contributed by atoms with Crippen LogP contribution in [0, 0.1) is 0 Å². The Morgan fingerprint density at radius 2 is 1.50 bits per heavy atom. The van der Waals surface area contributed by atoms with Gasteiger partial charge in [0.15, 0.2) is 0 Å². The van der Waals surface area contributed by atoms with Crippen molar-refractivity contribution in [1.82, 2.24) is 9.97 Å². The molecule has 4 aromatic rings. The summed E-state index contributed by atoms with van der Waals surface area (Å²) in [5.74, 6) is 0. The van der Waals surface area contributed by atoms with E-state index in [1.54, 1.807) is 0 Å². The molecule has 132 valence electrons. The lowest BCUT2D eigenvalue weighted by Crippen LogP contribution is -2.27. The summed E-state index contributed by atoms with van der Waals surface area (Å²) in [7, 11) is 0. The molecule has 1 aliphatic carbocycles. The highest BCUT2D eigenvalue weighted by Gasteiger charge is 2.36. The lowest BCUT2D eigenvalue weighted by molar-refractivity contribution is 0.922. The van der Waals surface area contributed by atoms with Gasteiger partial charge < -0.3 is 4.90 Å². The largest absolute Gasteiger partial charge is 0.306 e. The van der Waals surface area contributed by atoms with E-state index in [0.717, 1.165) is 30.7 Å². The second-order valence-corrected chi connectivity index (χ2v) is 7.86. The van der Waals surface area contributed by atoms with Gasteiger partial charge in [0, 0.05) is 31.7 Å². The Labute approximate surface area is 163 Å². The van der Waals surface area contributed by atoms with Crippen LogP contribution in [0.4, 0.5) is 17.1 Å². The number of nitrogens with zero attached hydrogens (tertiary/aromatic N) is 3. The molecule has 2 aromatic heterocycles. The number of anilines is 3. The van der Waals surface area contributed by atoms with Crippen LogP contribution in [-0.4, -0.2) is 9.97 Å². The summed E-state index contributed by atoms with van der Waals surface area (Å²) < 4.78 is 0. The molecule has 0 amide bonds. The van der Waals surface area contributed by atoms with E-state index in [-0.39, 0.29) is 0 Å². The first kappa shape index (κ1) is 14.6. The van der Waals surface area contributed by atoms with Crippen LogP contribution < -0.4 is 4.90 Å². The molecular weight excluding hydrogens is 342 g/mol.